The van der Waals surface area contributed by atoms with Crippen LogP contribution in [0, 0.1) is 0 Å². The van der Waals surface area contributed by atoms with E-state index >= 15 is 0 Å². The molecule has 1 heterocycles. The van der Waals surface area contributed by atoms with Crippen molar-refractivity contribution in [3.8, 4) is 0 Å². The van der Waals surface area contributed by atoms with Gasteiger partial charge in [0.15, 0.2) is 5.82 Å². The van der Waals surface area contributed by atoms with E-state index in [0.29, 0.717) is 19.0 Å². The number of aromatic nitrogens is 2. The second-order valence-electron chi connectivity index (χ2n) is 2.88. The molecule has 3 N–H and O–H groups in total. The number of nitrogens with two attached hydrogens (primary N) is 1. The highest BCUT2D eigenvalue weighted by Gasteiger charge is 2.08. The maximum absolute atomic E-state index is 11.1. The number of hydrogen-bond acceptors (Lipinski definition) is 5. The Hall–Kier alpha value is -1.56. The van der Waals surface area contributed by atoms with E-state index < -0.39 is 0 Å². The first-order valence-corrected chi connectivity index (χ1v) is 4.20. The van der Waals surface area contributed by atoms with Gasteiger partial charge in [0.1, 0.15) is 5.69 Å². The fourth-order valence-corrected chi connectivity index (χ4v) is 1.04. The Kier molecular flexibility index (Phi) is 3.47. The van der Waals surface area contributed by atoms with Crippen molar-refractivity contribution in [2.75, 3.05) is 37.9 Å². The highest BCUT2D eigenvalue weighted by molar-refractivity contribution is 5.60. The quantitative estimate of drug-likeness (QED) is 0.677. The number of H-pyrrole nitrogens is 1. The van der Waals surface area contributed by atoms with Gasteiger partial charge in [-0.3, -0.25) is 4.79 Å². The molecule has 1 rings (SSSR count). The average molecular weight is 198 g/mol. The SMILES string of the molecule is COCCN(C)c1nc[nH]c(=O)c1N. The maximum Gasteiger partial charge on any atom is 0.276 e. The summed E-state index contributed by atoms with van der Waals surface area (Å²) in [6.45, 7) is 1.20. The Morgan fingerprint density at radius 3 is 3.07 bits per heavy atom. The first-order chi connectivity index (χ1) is 6.66. The molecule has 0 atom stereocenters. The molecule has 78 valence electrons. The second-order valence-corrected chi connectivity index (χ2v) is 2.88. The Bertz CT molecular complexity index is 349. The molecule has 1 aromatic heterocycles. The van der Waals surface area contributed by atoms with Crippen LogP contribution in [0.4, 0.5) is 11.5 Å². The molecule has 0 spiro atoms. The minimum Gasteiger partial charge on any atom is -0.391 e. The monoisotopic (exact) mass is 198 g/mol. The molecule has 0 aliphatic rings. The zero-order chi connectivity index (χ0) is 10.6. The predicted molar refractivity (Wildman–Crippen MR) is 54.4 cm³/mol. The van der Waals surface area contributed by atoms with Crippen molar-refractivity contribution in [1.29, 1.82) is 0 Å². The van der Waals surface area contributed by atoms with Crippen molar-refractivity contribution < 1.29 is 4.74 Å². The van der Waals surface area contributed by atoms with Crippen LogP contribution in [0.2, 0.25) is 0 Å². The third-order valence-corrected chi connectivity index (χ3v) is 1.86. The van der Waals surface area contributed by atoms with E-state index in [1.807, 2.05) is 0 Å². The van der Waals surface area contributed by atoms with E-state index in [4.69, 9.17) is 10.5 Å². The van der Waals surface area contributed by atoms with Gasteiger partial charge < -0.3 is 20.4 Å². The van der Waals surface area contributed by atoms with E-state index in [0.717, 1.165) is 0 Å². The molecular formula is C8H14N4O2. The minimum absolute atomic E-state index is 0.131. The van der Waals surface area contributed by atoms with Gasteiger partial charge in [0, 0.05) is 20.7 Å². The molecule has 0 amide bonds. The number of rotatable bonds is 4. The summed E-state index contributed by atoms with van der Waals surface area (Å²) in [6.07, 6.45) is 1.33. The number of likely N-dealkylation sites (N-methyl/N-ethyl adjacent to an activating group) is 1. The number of ether oxygens (including phenoxy) is 1. The lowest BCUT2D eigenvalue weighted by Gasteiger charge is -2.18. The van der Waals surface area contributed by atoms with Crippen molar-refractivity contribution in [3.05, 3.63) is 16.7 Å². The molecule has 0 radical (unpaired) electrons. The minimum atomic E-state index is -0.320. The molecule has 0 unspecified atom stereocenters. The maximum atomic E-state index is 11.1. The van der Waals surface area contributed by atoms with Crippen molar-refractivity contribution in [2.24, 2.45) is 0 Å². The molecule has 14 heavy (non-hydrogen) atoms. The van der Waals surface area contributed by atoms with Gasteiger partial charge in [0.2, 0.25) is 0 Å². The number of nitrogens with zero attached hydrogens (tertiary/aromatic N) is 2. The molecule has 0 aliphatic carbocycles. The molecule has 0 aliphatic heterocycles. The summed E-state index contributed by atoms with van der Waals surface area (Å²) in [4.78, 5) is 19.3. The smallest absolute Gasteiger partial charge is 0.276 e. The number of hydrogen-bond donors (Lipinski definition) is 2. The van der Waals surface area contributed by atoms with Crippen LogP contribution < -0.4 is 16.2 Å². The average Bonchev–Trinajstić information content (AvgIpc) is 2.18. The largest absolute Gasteiger partial charge is 0.391 e. The van der Waals surface area contributed by atoms with Crippen molar-refractivity contribution in [3.63, 3.8) is 0 Å². The van der Waals surface area contributed by atoms with Crippen molar-refractivity contribution in [1.82, 2.24) is 9.97 Å². The molecule has 1 aromatic rings. The van der Waals surface area contributed by atoms with E-state index in [-0.39, 0.29) is 11.2 Å². The van der Waals surface area contributed by atoms with Gasteiger partial charge >= 0.3 is 0 Å². The molecule has 0 fully saturated rings. The lowest BCUT2D eigenvalue weighted by Crippen LogP contribution is -2.27. The molecule has 6 heteroatoms. The number of nitrogen functional groups attached to an aromatic ring is 1. The van der Waals surface area contributed by atoms with Crippen LogP contribution in [0.5, 0.6) is 0 Å². The highest BCUT2D eigenvalue weighted by atomic mass is 16.5. The lowest BCUT2D eigenvalue weighted by molar-refractivity contribution is 0.206. The number of anilines is 2. The summed E-state index contributed by atoms with van der Waals surface area (Å²) in [5, 5.41) is 0. The molecule has 0 saturated carbocycles. The fraction of sp³-hybridized carbons (Fsp3) is 0.500. The first-order valence-electron chi connectivity index (χ1n) is 4.20. The van der Waals surface area contributed by atoms with Crippen LogP contribution in [-0.2, 0) is 4.74 Å². The third kappa shape index (κ3) is 2.23. The summed E-state index contributed by atoms with van der Waals surface area (Å²) in [6, 6.07) is 0. The first kappa shape index (κ1) is 10.5. The molecular weight excluding hydrogens is 184 g/mol. The Morgan fingerprint density at radius 2 is 2.43 bits per heavy atom. The predicted octanol–water partition coefficient (Wildman–Crippen LogP) is -0.565. The second kappa shape index (κ2) is 4.61. The number of nitrogens with one attached hydrogen (secondary N) is 1. The summed E-state index contributed by atoms with van der Waals surface area (Å²) in [5.41, 5.74) is 5.38. The van der Waals surface area contributed by atoms with Crippen LogP contribution in [0.3, 0.4) is 0 Å². The summed E-state index contributed by atoms with van der Waals surface area (Å²) in [5.74, 6) is 0.478. The fourth-order valence-electron chi connectivity index (χ4n) is 1.04. The van der Waals surface area contributed by atoms with Gasteiger partial charge in [-0.1, -0.05) is 0 Å². The van der Waals surface area contributed by atoms with Gasteiger partial charge in [-0.2, -0.15) is 0 Å². The van der Waals surface area contributed by atoms with E-state index in [2.05, 4.69) is 9.97 Å². The topological polar surface area (TPSA) is 84.2 Å². The molecule has 6 nitrogen and oxygen atoms in total. The van der Waals surface area contributed by atoms with Crippen LogP contribution in [0.15, 0.2) is 11.1 Å². The Labute approximate surface area is 81.7 Å². The normalized spacial score (nSPS) is 10.1. The molecule has 0 saturated heterocycles. The number of aromatic amines is 1. The zero-order valence-electron chi connectivity index (χ0n) is 8.28. The van der Waals surface area contributed by atoms with Gasteiger partial charge in [-0.05, 0) is 0 Å². The lowest BCUT2D eigenvalue weighted by atomic mass is 10.4. The van der Waals surface area contributed by atoms with Crippen LogP contribution in [0.1, 0.15) is 0 Å². The van der Waals surface area contributed by atoms with Crippen LogP contribution in [0.25, 0.3) is 0 Å². The van der Waals surface area contributed by atoms with E-state index in [1.54, 1.807) is 19.1 Å². The molecule has 0 bridgehead atoms. The van der Waals surface area contributed by atoms with Crippen LogP contribution >= 0.6 is 0 Å². The highest BCUT2D eigenvalue weighted by Crippen LogP contribution is 2.11. The van der Waals surface area contributed by atoms with Gasteiger partial charge in [0.25, 0.3) is 5.56 Å². The van der Waals surface area contributed by atoms with Crippen LogP contribution in [-0.4, -0.2) is 37.3 Å². The zero-order valence-corrected chi connectivity index (χ0v) is 8.28. The van der Waals surface area contributed by atoms with Gasteiger partial charge in [-0.15, -0.1) is 0 Å². The Morgan fingerprint density at radius 1 is 1.71 bits per heavy atom. The summed E-state index contributed by atoms with van der Waals surface area (Å²) >= 11 is 0. The summed E-state index contributed by atoms with van der Waals surface area (Å²) < 4.78 is 4.91. The van der Waals surface area contributed by atoms with Gasteiger partial charge in [0.05, 0.1) is 12.9 Å². The molecule has 0 aromatic carbocycles. The Balaban J connectivity index is 2.84. The van der Waals surface area contributed by atoms with Crippen molar-refractivity contribution in [2.45, 2.75) is 0 Å². The third-order valence-electron chi connectivity index (χ3n) is 1.86. The van der Waals surface area contributed by atoms with Crippen molar-refractivity contribution >= 4 is 11.5 Å². The number of methoxy groups -OCH3 is 1. The van der Waals surface area contributed by atoms with E-state index in [1.165, 1.54) is 6.33 Å². The summed E-state index contributed by atoms with van der Waals surface area (Å²) in [7, 11) is 3.42. The van der Waals surface area contributed by atoms with Gasteiger partial charge in [-0.25, -0.2) is 4.98 Å². The standard InChI is InChI=1S/C8H14N4O2/c1-12(3-4-14-2)7-6(9)8(13)11-5-10-7/h5H,3-4,9H2,1-2H3,(H,10,11,13). The van der Waals surface area contributed by atoms with E-state index in [9.17, 15) is 4.79 Å².